The minimum atomic E-state index is -0.201. The van der Waals surface area contributed by atoms with Gasteiger partial charge in [0.15, 0.2) is 0 Å². The molecule has 7 nitrogen and oxygen atoms in total. The minimum absolute atomic E-state index is 0.0304. The maximum absolute atomic E-state index is 12.9. The summed E-state index contributed by atoms with van der Waals surface area (Å²) >= 11 is 0. The molecule has 0 spiro atoms. The van der Waals surface area contributed by atoms with Crippen molar-refractivity contribution in [3.05, 3.63) is 53.9 Å². The van der Waals surface area contributed by atoms with Gasteiger partial charge in [-0.1, -0.05) is 12.1 Å². The summed E-state index contributed by atoms with van der Waals surface area (Å²) < 4.78 is 5.44. The quantitative estimate of drug-likeness (QED) is 0.858. The molecule has 0 saturated carbocycles. The Morgan fingerprint density at radius 1 is 1.11 bits per heavy atom. The van der Waals surface area contributed by atoms with Crippen LogP contribution < -0.4 is 15.0 Å². The molecule has 1 aliphatic rings. The monoisotopic (exact) mass is 382 g/mol. The first-order valence-electron chi connectivity index (χ1n) is 9.43. The van der Waals surface area contributed by atoms with Crippen molar-refractivity contribution in [1.29, 1.82) is 0 Å². The second-order valence-electron chi connectivity index (χ2n) is 7.01. The number of carbonyl (C=O) groups is 2. The van der Waals surface area contributed by atoms with Crippen molar-refractivity contribution in [2.45, 2.75) is 19.9 Å². The molecule has 0 radical (unpaired) electrons. The van der Waals surface area contributed by atoms with E-state index < -0.39 is 0 Å². The number of nitrogens with zero attached hydrogens (tertiary/aromatic N) is 3. The Balaban J connectivity index is 1.66. The molecular formula is C21H26N4O3. The zero-order valence-electron chi connectivity index (χ0n) is 16.5. The molecule has 1 aromatic heterocycles. The zero-order chi connectivity index (χ0) is 20.1. The van der Waals surface area contributed by atoms with Crippen molar-refractivity contribution in [3.63, 3.8) is 0 Å². The van der Waals surface area contributed by atoms with Gasteiger partial charge >= 0.3 is 0 Å². The van der Waals surface area contributed by atoms with Gasteiger partial charge in [-0.3, -0.25) is 14.6 Å². The molecule has 3 rings (SSSR count). The number of aromatic nitrogens is 1. The van der Waals surface area contributed by atoms with E-state index in [1.807, 2.05) is 38.1 Å². The van der Waals surface area contributed by atoms with Gasteiger partial charge in [-0.2, -0.15) is 0 Å². The van der Waals surface area contributed by atoms with Gasteiger partial charge < -0.3 is 19.9 Å². The number of hydrogen-bond donors (Lipinski definition) is 1. The van der Waals surface area contributed by atoms with Crippen molar-refractivity contribution in [3.8, 4) is 5.75 Å². The van der Waals surface area contributed by atoms with Crippen molar-refractivity contribution in [2.24, 2.45) is 0 Å². The van der Waals surface area contributed by atoms with Crippen molar-refractivity contribution in [2.75, 3.05) is 38.2 Å². The van der Waals surface area contributed by atoms with Crippen molar-refractivity contribution in [1.82, 2.24) is 15.2 Å². The number of ether oxygens (including phenoxy) is 1. The lowest BCUT2D eigenvalue weighted by Gasteiger charge is -2.36. The average Bonchev–Trinajstić information content (AvgIpc) is 2.73. The van der Waals surface area contributed by atoms with Gasteiger partial charge in [-0.15, -0.1) is 0 Å². The SMILES string of the molecule is COc1ccccc1N1CCN(C(=O)c2cc(C(=O)NC(C)C)ccn2)CC1. The molecule has 1 aliphatic heterocycles. The summed E-state index contributed by atoms with van der Waals surface area (Å²) in [4.78, 5) is 33.2. The van der Waals surface area contributed by atoms with Gasteiger partial charge in [0.25, 0.3) is 11.8 Å². The third-order valence-corrected chi connectivity index (χ3v) is 4.65. The van der Waals surface area contributed by atoms with Gasteiger partial charge in [-0.25, -0.2) is 0 Å². The maximum atomic E-state index is 12.9. The van der Waals surface area contributed by atoms with Gasteiger partial charge in [-0.05, 0) is 38.1 Å². The lowest BCUT2D eigenvalue weighted by molar-refractivity contribution is 0.0740. The van der Waals surface area contributed by atoms with Gasteiger partial charge in [0.1, 0.15) is 11.4 Å². The number of anilines is 1. The van der Waals surface area contributed by atoms with Crippen LogP contribution in [-0.2, 0) is 0 Å². The summed E-state index contributed by atoms with van der Waals surface area (Å²) in [5, 5.41) is 2.83. The lowest BCUT2D eigenvalue weighted by atomic mass is 10.1. The predicted molar refractivity (Wildman–Crippen MR) is 108 cm³/mol. The standard InChI is InChI=1S/C21H26N4O3/c1-15(2)23-20(26)16-8-9-22-17(14-16)21(27)25-12-10-24(11-13-25)18-6-4-5-7-19(18)28-3/h4-9,14-15H,10-13H2,1-3H3,(H,23,26). The topological polar surface area (TPSA) is 74.8 Å². The Hall–Kier alpha value is -3.09. The molecule has 148 valence electrons. The van der Waals surface area contributed by atoms with E-state index in [0.29, 0.717) is 37.4 Å². The summed E-state index contributed by atoms with van der Waals surface area (Å²) in [5.41, 5.74) is 1.77. The number of para-hydroxylation sites is 2. The maximum Gasteiger partial charge on any atom is 0.272 e. The van der Waals surface area contributed by atoms with Gasteiger partial charge in [0, 0.05) is 44.0 Å². The minimum Gasteiger partial charge on any atom is -0.495 e. The third kappa shape index (κ3) is 4.42. The molecule has 7 heteroatoms. The number of rotatable bonds is 5. The summed E-state index contributed by atoms with van der Waals surface area (Å²) in [5.74, 6) is 0.471. The molecule has 2 heterocycles. The van der Waals surface area contributed by atoms with Crippen LogP contribution in [0.2, 0.25) is 0 Å². The summed E-state index contributed by atoms with van der Waals surface area (Å²) in [6.07, 6.45) is 1.51. The molecule has 1 aromatic carbocycles. The number of nitrogens with one attached hydrogen (secondary N) is 1. The smallest absolute Gasteiger partial charge is 0.272 e. The molecular weight excluding hydrogens is 356 g/mol. The van der Waals surface area contributed by atoms with E-state index in [2.05, 4.69) is 15.2 Å². The number of methoxy groups -OCH3 is 1. The van der Waals surface area contributed by atoms with Gasteiger partial charge in [0.05, 0.1) is 12.8 Å². The molecule has 1 saturated heterocycles. The number of hydrogen-bond acceptors (Lipinski definition) is 5. The summed E-state index contributed by atoms with van der Waals surface area (Å²) in [6.45, 7) is 6.37. The third-order valence-electron chi connectivity index (χ3n) is 4.65. The van der Waals surface area contributed by atoms with E-state index in [4.69, 9.17) is 4.74 Å². The van der Waals surface area contributed by atoms with Crippen molar-refractivity contribution >= 4 is 17.5 Å². The van der Waals surface area contributed by atoms with E-state index in [-0.39, 0.29) is 17.9 Å². The Morgan fingerprint density at radius 2 is 1.82 bits per heavy atom. The molecule has 0 atom stereocenters. The number of piperazine rings is 1. The highest BCUT2D eigenvalue weighted by Gasteiger charge is 2.25. The largest absolute Gasteiger partial charge is 0.495 e. The first-order chi connectivity index (χ1) is 13.5. The van der Waals surface area contributed by atoms with Crippen LogP contribution in [0.25, 0.3) is 0 Å². The van der Waals surface area contributed by atoms with Crippen LogP contribution in [0, 0.1) is 0 Å². The molecule has 0 aliphatic carbocycles. The highest BCUT2D eigenvalue weighted by Crippen LogP contribution is 2.28. The molecule has 0 unspecified atom stereocenters. The Morgan fingerprint density at radius 3 is 2.50 bits per heavy atom. The second kappa shape index (κ2) is 8.73. The normalized spacial score (nSPS) is 14.1. The number of pyridine rings is 1. The lowest BCUT2D eigenvalue weighted by Crippen LogP contribution is -2.49. The molecule has 1 N–H and O–H groups in total. The summed E-state index contributed by atoms with van der Waals surface area (Å²) in [7, 11) is 1.66. The molecule has 2 aromatic rings. The predicted octanol–water partition coefficient (Wildman–Crippen LogP) is 2.19. The summed E-state index contributed by atoms with van der Waals surface area (Å²) in [6, 6.07) is 11.1. The van der Waals surface area contributed by atoms with Crippen LogP contribution in [0.5, 0.6) is 5.75 Å². The first-order valence-corrected chi connectivity index (χ1v) is 9.43. The first kappa shape index (κ1) is 19.7. The fourth-order valence-corrected chi connectivity index (χ4v) is 3.24. The Kier molecular flexibility index (Phi) is 6.13. The molecule has 2 amide bonds. The van der Waals surface area contributed by atoms with Crippen LogP contribution >= 0.6 is 0 Å². The molecule has 1 fully saturated rings. The highest BCUT2D eigenvalue weighted by atomic mass is 16.5. The van der Waals surface area contributed by atoms with E-state index in [1.165, 1.54) is 6.20 Å². The average molecular weight is 382 g/mol. The van der Waals surface area contributed by atoms with Crippen LogP contribution in [0.4, 0.5) is 5.69 Å². The van der Waals surface area contributed by atoms with E-state index >= 15 is 0 Å². The number of carbonyl (C=O) groups excluding carboxylic acids is 2. The van der Waals surface area contributed by atoms with Crippen LogP contribution in [0.1, 0.15) is 34.7 Å². The fourth-order valence-electron chi connectivity index (χ4n) is 3.24. The van der Waals surface area contributed by atoms with Crippen LogP contribution in [-0.4, -0.2) is 61.0 Å². The van der Waals surface area contributed by atoms with E-state index in [0.717, 1.165) is 11.4 Å². The number of amides is 2. The van der Waals surface area contributed by atoms with Crippen LogP contribution in [0.15, 0.2) is 42.6 Å². The van der Waals surface area contributed by atoms with Crippen molar-refractivity contribution < 1.29 is 14.3 Å². The number of benzene rings is 1. The molecule has 0 bridgehead atoms. The second-order valence-corrected chi connectivity index (χ2v) is 7.01. The van der Waals surface area contributed by atoms with Crippen LogP contribution in [0.3, 0.4) is 0 Å². The highest BCUT2D eigenvalue weighted by molar-refractivity contribution is 5.98. The Labute approximate surface area is 165 Å². The molecule has 28 heavy (non-hydrogen) atoms. The fraction of sp³-hybridized carbons (Fsp3) is 0.381. The van der Waals surface area contributed by atoms with E-state index in [9.17, 15) is 9.59 Å². The van der Waals surface area contributed by atoms with Gasteiger partial charge in [0.2, 0.25) is 0 Å². The zero-order valence-corrected chi connectivity index (χ0v) is 16.5. The van der Waals surface area contributed by atoms with E-state index in [1.54, 1.807) is 24.1 Å². The Bertz CT molecular complexity index is 845.